The van der Waals surface area contributed by atoms with Crippen LogP contribution in [0.3, 0.4) is 0 Å². The molecule has 0 saturated carbocycles. The Hall–Kier alpha value is -3.00. The van der Waals surface area contributed by atoms with E-state index < -0.39 is 5.82 Å². The Morgan fingerprint density at radius 1 is 1.22 bits per heavy atom. The number of nitrogens with zero attached hydrogens (tertiary/aromatic N) is 3. The van der Waals surface area contributed by atoms with Gasteiger partial charge in [-0.25, -0.2) is 4.39 Å². The van der Waals surface area contributed by atoms with Gasteiger partial charge in [-0.15, -0.1) is 10.2 Å². The molecule has 1 N–H and O–H groups in total. The van der Waals surface area contributed by atoms with E-state index in [0.29, 0.717) is 11.8 Å². The van der Waals surface area contributed by atoms with Crippen molar-refractivity contribution in [2.45, 2.75) is 18.8 Å². The molecule has 2 aromatic heterocycles. The van der Waals surface area contributed by atoms with Crippen LogP contribution in [0.25, 0.3) is 11.5 Å². The summed E-state index contributed by atoms with van der Waals surface area (Å²) in [6.45, 7) is 1.70. The number of hydrogen-bond acceptors (Lipinski definition) is 6. The quantitative estimate of drug-likeness (QED) is 0.742. The molecular formula is C19H19FN4O3. The highest BCUT2D eigenvalue weighted by Gasteiger charge is 2.26. The van der Waals surface area contributed by atoms with Gasteiger partial charge in [0.15, 0.2) is 0 Å². The lowest BCUT2D eigenvalue weighted by Gasteiger charge is -2.29. The summed E-state index contributed by atoms with van der Waals surface area (Å²) in [7, 11) is 0. The van der Waals surface area contributed by atoms with Gasteiger partial charge in [0.05, 0.1) is 24.1 Å². The largest absolute Gasteiger partial charge is 0.472 e. The normalized spacial score (nSPS) is 15.7. The van der Waals surface area contributed by atoms with E-state index in [-0.39, 0.29) is 24.1 Å². The molecule has 0 spiro atoms. The van der Waals surface area contributed by atoms with Crippen LogP contribution in [0, 0.1) is 5.82 Å². The molecule has 1 aliphatic rings. The second-order valence-corrected chi connectivity index (χ2v) is 6.54. The van der Waals surface area contributed by atoms with Crippen LogP contribution >= 0.6 is 0 Å². The number of nitrogens with one attached hydrogen (secondary N) is 1. The molecule has 1 aliphatic heterocycles. The van der Waals surface area contributed by atoms with Gasteiger partial charge < -0.3 is 14.2 Å². The zero-order valence-electron chi connectivity index (χ0n) is 14.6. The summed E-state index contributed by atoms with van der Waals surface area (Å²) in [6, 6.07) is 7.92. The highest BCUT2D eigenvalue weighted by Crippen LogP contribution is 2.29. The molecule has 1 aromatic carbocycles. The first-order valence-electron chi connectivity index (χ1n) is 8.82. The lowest BCUT2D eigenvalue weighted by atomic mass is 9.97. The average Bonchev–Trinajstić information content (AvgIpc) is 3.36. The van der Waals surface area contributed by atoms with Gasteiger partial charge in [0.2, 0.25) is 11.8 Å². The summed E-state index contributed by atoms with van der Waals surface area (Å²) >= 11 is 0. The molecule has 0 bridgehead atoms. The monoisotopic (exact) mass is 370 g/mol. The fourth-order valence-electron chi connectivity index (χ4n) is 3.20. The Balaban J connectivity index is 1.29. The first-order chi connectivity index (χ1) is 13.2. The smallest absolute Gasteiger partial charge is 0.250 e. The van der Waals surface area contributed by atoms with E-state index in [4.69, 9.17) is 8.83 Å². The van der Waals surface area contributed by atoms with Crippen molar-refractivity contribution in [1.29, 1.82) is 0 Å². The number of anilines is 1. The maximum absolute atomic E-state index is 13.6. The number of hydrogen-bond donors (Lipinski definition) is 1. The average molecular weight is 370 g/mol. The van der Waals surface area contributed by atoms with Crippen LogP contribution in [-0.4, -0.2) is 40.6 Å². The van der Waals surface area contributed by atoms with Crippen LogP contribution in [-0.2, 0) is 4.79 Å². The number of piperidine rings is 1. The number of amides is 1. The molecule has 0 atom stereocenters. The van der Waals surface area contributed by atoms with Crippen LogP contribution in [0.1, 0.15) is 24.7 Å². The van der Waals surface area contributed by atoms with Gasteiger partial charge in [-0.2, -0.15) is 0 Å². The lowest BCUT2D eigenvalue weighted by molar-refractivity contribution is -0.117. The summed E-state index contributed by atoms with van der Waals surface area (Å²) in [5, 5.41) is 10.8. The first-order valence-corrected chi connectivity index (χ1v) is 8.82. The van der Waals surface area contributed by atoms with Crippen LogP contribution in [0.2, 0.25) is 0 Å². The summed E-state index contributed by atoms with van der Waals surface area (Å²) in [4.78, 5) is 14.2. The van der Waals surface area contributed by atoms with Gasteiger partial charge in [0.1, 0.15) is 12.1 Å². The molecule has 1 saturated heterocycles. The highest BCUT2D eigenvalue weighted by molar-refractivity contribution is 5.92. The minimum Gasteiger partial charge on any atom is -0.472 e. The minimum atomic E-state index is -0.436. The molecule has 0 unspecified atom stereocenters. The van der Waals surface area contributed by atoms with Gasteiger partial charge in [-0.3, -0.25) is 9.69 Å². The zero-order chi connectivity index (χ0) is 18.6. The van der Waals surface area contributed by atoms with E-state index in [1.165, 1.54) is 6.07 Å². The number of carbonyl (C=O) groups excluding carboxylic acids is 1. The van der Waals surface area contributed by atoms with Crippen molar-refractivity contribution in [3.63, 3.8) is 0 Å². The van der Waals surface area contributed by atoms with Crippen LogP contribution in [0.4, 0.5) is 10.1 Å². The Morgan fingerprint density at radius 3 is 2.78 bits per heavy atom. The standard InChI is InChI=1S/C19H19FN4O3/c20-15-3-1-2-4-16(15)21-17(25)11-24-8-5-13(6-9-24)18-22-23-19(27-18)14-7-10-26-12-14/h1-4,7,10,12-13H,5-6,8-9,11H2,(H,21,25). The van der Waals surface area contributed by atoms with Crippen molar-refractivity contribution in [3.05, 3.63) is 54.6 Å². The number of furan rings is 1. The van der Waals surface area contributed by atoms with Gasteiger partial charge in [-0.1, -0.05) is 12.1 Å². The third-order valence-electron chi connectivity index (χ3n) is 4.66. The SMILES string of the molecule is O=C(CN1CCC(c2nnc(-c3ccoc3)o2)CC1)Nc1ccccc1F. The third kappa shape index (κ3) is 4.06. The molecule has 4 rings (SSSR count). The Kier molecular flexibility index (Phi) is 4.97. The van der Waals surface area contributed by atoms with Crippen molar-refractivity contribution in [2.75, 3.05) is 25.0 Å². The van der Waals surface area contributed by atoms with Gasteiger partial charge >= 0.3 is 0 Å². The fraction of sp³-hybridized carbons (Fsp3) is 0.316. The van der Waals surface area contributed by atoms with E-state index in [9.17, 15) is 9.18 Å². The van der Waals surface area contributed by atoms with Gasteiger partial charge in [0, 0.05) is 5.92 Å². The van der Waals surface area contributed by atoms with E-state index in [0.717, 1.165) is 31.5 Å². The number of benzene rings is 1. The number of carbonyl (C=O) groups is 1. The number of rotatable bonds is 5. The molecule has 1 amide bonds. The third-order valence-corrected chi connectivity index (χ3v) is 4.66. The van der Waals surface area contributed by atoms with E-state index in [1.807, 2.05) is 4.90 Å². The summed E-state index contributed by atoms with van der Waals surface area (Å²) in [6.07, 6.45) is 4.76. The maximum atomic E-state index is 13.6. The maximum Gasteiger partial charge on any atom is 0.250 e. The molecule has 140 valence electrons. The molecule has 0 radical (unpaired) electrons. The van der Waals surface area contributed by atoms with Crippen molar-refractivity contribution < 1.29 is 18.0 Å². The second-order valence-electron chi connectivity index (χ2n) is 6.54. The molecule has 0 aliphatic carbocycles. The zero-order valence-corrected chi connectivity index (χ0v) is 14.6. The number of halogens is 1. The molecule has 1 fully saturated rings. The molecule has 8 heteroatoms. The summed E-state index contributed by atoms with van der Waals surface area (Å²) in [5.41, 5.74) is 0.964. The number of para-hydroxylation sites is 1. The summed E-state index contributed by atoms with van der Waals surface area (Å²) in [5.74, 6) is 0.573. The second kappa shape index (κ2) is 7.71. The van der Waals surface area contributed by atoms with Gasteiger partial charge in [0.25, 0.3) is 5.89 Å². The predicted octanol–water partition coefficient (Wildman–Crippen LogP) is 3.29. The fourth-order valence-corrected chi connectivity index (χ4v) is 3.20. The lowest BCUT2D eigenvalue weighted by Crippen LogP contribution is -2.38. The van der Waals surface area contributed by atoms with E-state index in [2.05, 4.69) is 15.5 Å². The Labute approximate surface area is 155 Å². The first kappa shape index (κ1) is 17.4. The molecule has 3 heterocycles. The van der Waals surface area contributed by atoms with Gasteiger partial charge in [-0.05, 0) is 44.1 Å². The minimum absolute atomic E-state index is 0.170. The summed E-state index contributed by atoms with van der Waals surface area (Å²) < 4.78 is 24.4. The van der Waals surface area contributed by atoms with Crippen LogP contribution < -0.4 is 5.32 Å². The van der Waals surface area contributed by atoms with Crippen molar-refractivity contribution in [3.8, 4) is 11.5 Å². The highest BCUT2D eigenvalue weighted by atomic mass is 19.1. The molecule has 3 aromatic rings. The predicted molar refractivity (Wildman–Crippen MR) is 95.4 cm³/mol. The topological polar surface area (TPSA) is 84.4 Å². The van der Waals surface area contributed by atoms with Crippen molar-refractivity contribution in [1.82, 2.24) is 15.1 Å². The van der Waals surface area contributed by atoms with Crippen LogP contribution in [0.15, 0.2) is 51.7 Å². The number of likely N-dealkylation sites (tertiary alicyclic amines) is 1. The van der Waals surface area contributed by atoms with Crippen molar-refractivity contribution >= 4 is 11.6 Å². The Bertz CT molecular complexity index is 901. The van der Waals surface area contributed by atoms with Crippen molar-refractivity contribution in [2.24, 2.45) is 0 Å². The molecule has 27 heavy (non-hydrogen) atoms. The Morgan fingerprint density at radius 2 is 2.04 bits per heavy atom. The molecule has 7 nitrogen and oxygen atoms in total. The number of aromatic nitrogens is 2. The van der Waals surface area contributed by atoms with E-state index >= 15 is 0 Å². The van der Waals surface area contributed by atoms with Crippen LogP contribution in [0.5, 0.6) is 0 Å². The molecular weight excluding hydrogens is 351 g/mol. The van der Waals surface area contributed by atoms with E-state index in [1.54, 1.807) is 36.8 Å².